The summed E-state index contributed by atoms with van der Waals surface area (Å²) in [7, 11) is 0. The number of piperidine rings is 2. The summed E-state index contributed by atoms with van der Waals surface area (Å²) in [6, 6.07) is 30.1. The zero-order valence-electron chi connectivity index (χ0n) is 66.9. The molecule has 8 fully saturated rings. The molecule has 6 aliphatic carbocycles. The van der Waals surface area contributed by atoms with Crippen molar-refractivity contribution in [3.8, 4) is 45.3 Å². The summed E-state index contributed by atoms with van der Waals surface area (Å²) in [6.07, 6.45) is 23.4. The molecule has 4 aliphatic heterocycles. The molecule has 12 heterocycles. The van der Waals surface area contributed by atoms with Gasteiger partial charge in [0.15, 0.2) is 34.7 Å². The fourth-order valence-corrected chi connectivity index (χ4v) is 22.6. The van der Waals surface area contributed by atoms with E-state index in [2.05, 4.69) is 100 Å². The van der Waals surface area contributed by atoms with Gasteiger partial charge in [-0.15, -0.1) is 63.5 Å². The van der Waals surface area contributed by atoms with Crippen molar-refractivity contribution in [3.05, 3.63) is 196 Å². The SMILES string of the molecule is Cc1sc2c(c1C)C(c1ccc(OC3CC4(CCN(c5ccc(C(=O)NC6CCC(Oc7ccc(C#N)c(Cl)c7)CC6)nn5)CC4)C3)nc1)=NC1(CC1)c1nnc(CCc3sc4c(c3C)C(c3ccc(OCC5CC6(CCCN(c7ccc(C(=O)NC8CCC(Oc9ccc(C#N)c(Cl)c9)CC8)nn7)C6)C5)cn3)=NC3(CC3)c3nnc(C)n3-4)n1-2. The molecule has 2 N–H and O–H groups in total. The maximum Gasteiger partial charge on any atom is 0.272 e. The summed E-state index contributed by atoms with van der Waals surface area (Å²) in [5, 5.41) is 65.2. The number of ether oxygens (including phenoxy) is 4. The average molecular weight is 1670 g/mol. The molecule has 20 rings (SSSR count). The van der Waals surface area contributed by atoms with Gasteiger partial charge in [-0.2, -0.15) is 10.5 Å². The van der Waals surface area contributed by atoms with E-state index in [-0.39, 0.29) is 53.0 Å². The first kappa shape index (κ1) is 76.9. The summed E-state index contributed by atoms with van der Waals surface area (Å²) in [5.41, 5.74) is 8.91. The lowest BCUT2D eigenvalue weighted by Gasteiger charge is -2.53. The van der Waals surface area contributed by atoms with Crippen molar-refractivity contribution in [1.29, 1.82) is 10.5 Å². The number of aliphatic imine (C=N–C) groups is 2. The highest BCUT2D eigenvalue weighted by molar-refractivity contribution is 7.15. The number of aromatic nitrogens is 12. The van der Waals surface area contributed by atoms with E-state index in [1.54, 1.807) is 71.2 Å². The Morgan fingerprint density at radius 2 is 1.14 bits per heavy atom. The molecule has 6 saturated carbocycles. The molecular weight excluding hydrogens is 1580 g/mol. The first-order valence-corrected chi connectivity index (χ1v) is 44.3. The van der Waals surface area contributed by atoms with E-state index < -0.39 is 11.1 Å². The minimum atomic E-state index is -0.500. The lowest BCUT2D eigenvalue weighted by atomic mass is 9.58. The summed E-state index contributed by atoms with van der Waals surface area (Å²) in [6.45, 7) is 12.8. The quantitative estimate of drug-likeness (QED) is 0.0716. The molecule has 0 bridgehead atoms. The van der Waals surface area contributed by atoms with E-state index in [0.29, 0.717) is 68.9 Å². The van der Waals surface area contributed by atoms with Crippen LogP contribution in [0.3, 0.4) is 0 Å². The number of nitriles is 2. The average Bonchev–Trinajstić information content (AvgIpc) is 1.54. The highest BCUT2D eigenvalue weighted by atomic mass is 35.5. The van der Waals surface area contributed by atoms with Gasteiger partial charge in [-0.1, -0.05) is 23.2 Å². The maximum atomic E-state index is 13.4. The second kappa shape index (κ2) is 30.8. The highest BCUT2D eigenvalue weighted by Crippen LogP contribution is 2.57. The first-order valence-electron chi connectivity index (χ1n) is 41.9. The Balaban J connectivity index is 0.444. The Morgan fingerprint density at radius 3 is 1.72 bits per heavy atom. The fourth-order valence-electron chi connectivity index (χ4n) is 19.6. The van der Waals surface area contributed by atoms with Crippen molar-refractivity contribution in [2.75, 3.05) is 42.6 Å². The number of benzene rings is 2. The molecule has 26 nitrogen and oxygen atoms in total. The number of hydrogen-bond acceptors (Lipinski definition) is 24. The van der Waals surface area contributed by atoms with Gasteiger partial charge in [0.1, 0.15) is 68.2 Å². The third kappa shape index (κ3) is 14.8. The lowest BCUT2D eigenvalue weighted by Crippen LogP contribution is -2.51. The van der Waals surface area contributed by atoms with Crippen LogP contribution in [0.2, 0.25) is 10.0 Å². The number of pyridine rings is 2. The molecule has 0 radical (unpaired) electrons. The molecule has 10 aliphatic rings. The number of anilines is 2. The van der Waals surface area contributed by atoms with Gasteiger partial charge in [0.05, 0.1) is 63.3 Å². The number of halogens is 2. The Labute approximate surface area is 707 Å². The third-order valence-corrected chi connectivity index (χ3v) is 29.9. The molecule has 0 atom stereocenters. The van der Waals surface area contributed by atoms with Crippen LogP contribution in [0, 0.1) is 67.1 Å². The normalized spacial score (nSPS) is 21.9. The number of amides is 2. The van der Waals surface area contributed by atoms with Gasteiger partial charge in [0.2, 0.25) is 5.88 Å². The van der Waals surface area contributed by atoms with Crippen molar-refractivity contribution < 1.29 is 28.5 Å². The van der Waals surface area contributed by atoms with E-state index in [1.807, 2.05) is 43.6 Å². The van der Waals surface area contributed by atoms with Crippen LogP contribution in [0.1, 0.15) is 227 Å². The van der Waals surface area contributed by atoms with E-state index >= 15 is 0 Å². The van der Waals surface area contributed by atoms with Crippen LogP contribution in [0.25, 0.3) is 10.0 Å². The van der Waals surface area contributed by atoms with Crippen molar-refractivity contribution >= 4 is 80.7 Å². The zero-order valence-corrected chi connectivity index (χ0v) is 70.0. The minimum Gasteiger partial charge on any atom is -0.492 e. The van der Waals surface area contributed by atoms with Crippen LogP contribution < -0.4 is 39.4 Å². The van der Waals surface area contributed by atoms with Crippen molar-refractivity contribution in [2.45, 2.75) is 210 Å². The standard InChI is InChI=1S/C89H90Cl2N20O6S2/c1-50-52(3)118-83-76(50)78(57-8-27-75(95-46-57)117-65-42-86(43-65)33-36-108(37-34-86)72-24-21-69(101-103-72)80(112)96-58-9-15-60(16-10-58)115-62-13-6-55(44-92)66(90)38-62)98-89(31-32-89)85-107-105-74(111(83)85)26-23-71-51(2)77-79(99-88(29-30-88)84-106-100-53(4)110(84)82(77)119-71)68-20-19-64(47-94-68)114-48-54-40-87(41-54)28-5-35-109(49-87)73-25-22-70(102-104-73)81(113)97-59-11-17-61(18-12-59)116-63-14-7-56(45-93)67(91)39-63/h6-8,13-14,19-22,24-25,27,38-39,46-47,54,58-61,65H,5,9-12,15-18,23,26,28-37,40-43,48-49H2,1-4H3,(H,96,112)(H,97,113). The van der Waals surface area contributed by atoms with Gasteiger partial charge in [0, 0.05) is 95.5 Å². The highest BCUT2D eigenvalue weighted by Gasteiger charge is 2.55. The summed E-state index contributed by atoms with van der Waals surface area (Å²) in [4.78, 5) is 55.2. The second-order valence-corrected chi connectivity index (χ2v) is 37.8. The second-order valence-electron chi connectivity index (χ2n) is 34.7. The number of hydrogen-bond donors (Lipinski definition) is 2. The van der Waals surface area contributed by atoms with Crippen LogP contribution in [-0.4, -0.2) is 146 Å². The predicted octanol–water partition coefficient (Wildman–Crippen LogP) is 15.2. The van der Waals surface area contributed by atoms with Gasteiger partial charge < -0.3 is 39.4 Å². The van der Waals surface area contributed by atoms with E-state index in [4.69, 9.17) is 77.4 Å². The largest absolute Gasteiger partial charge is 0.492 e. The summed E-state index contributed by atoms with van der Waals surface area (Å²) < 4.78 is 30.1. The van der Waals surface area contributed by atoms with Gasteiger partial charge in [-0.3, -0.25) is 33.7 Å². The van der Waals surface area contributed by atoms with Crippen LogP contribution in [0.4, 0.5) is 11.6 Å². The first-order chi connectivity index (χ1) is 57.8. The number of carbonyl (C=O) groups is 2. The topological polar surface area (TPSA) is 313 Å². The number of nitrogens with one attached hydrogen (secondary N) is 2. The van der Waals surface area contributed by atoms with Crippen LogP contribution in [0.15, 0.2) is 107 Å². The van der Waals surface area contributed by atoms with Crippen LogP contribution in [-0.2, 0) is 23.9 Å². The molecular formula is C89H90Cl2N20O6S2. The molecule has 30 heteroatoms. The molecule has 8 aromatic heterocycles. The number of thiophene rings is 2. The number of aryl methyl sites for hydroxylation is 4. The Kier molecular flexibility index (Phi) is 19.9. The molecule has 4 spiro atoms. The molecule has 2 saturated heterocycles. The summed E-state index contributed by atoms with van der Waals surface area (Å²) >= 11 is 16.0. The summed E-state index contributed by atoms with van der Waals surface area (Å²) in [5.74, 6) is 7.71. The monoisotopic (exact) mass is 1670 g/mol. The Morgan fingerprint density at radius 1 is 0.546 bits per heavy atom. The van der Waals surface area contributed by atoms with E-state index in [1.165, 1.54) is 15.3 Å². The molecule has 608 valence electrons. The lowest BCUT2D eigenvalue weighted by molar-refractivity contribution is -0.0332. The number of rotatable bonds is 20. The predicted molar refractivity (Wildman–Crippen MR) is 451 cm³/mol. The van der Waals surface area contributed by atoms with Crippen LogP contribution in [0.5, 0.6) is 23.1 Å². The number of carbonyl (C=O) groups excluding carboxylic acids is 2. The van der Waals surface area contributed by atoms with Crippen LogP contribution >= 0.6 is 45.9 Å². The molecule has 2 amide bonds. The Bertz CT molecular complexity index is 5760. The van der Waals surface area contributed by atoms with Gasteiger partial charge in [-0.05, 0) is 257 Å². The van der Waals surface area contributed by atoms with Crippen molar-refractivity contribution in [1.82, 2.24) is 70.5 Å². The van der Waals surface area contributed by atoms with E-state index in [0.717, 1.165) is 251 Å². The van der Waals surface area contributed by atoms with E-state index in [9.17, 15) is 20.1 Å². The molecule has 0 unspecified atom stereocenters. The maximum absolute atomic E-state index is 13.4. The zero-order chi connectivity index (χ0) is 81.1. The molecule has 119 heavy (non-hydrogen) atoms. The van der Waals surface area contributed by atoms with Gasteiger partial charge in [0.25, 0.3) is 11.8 Å². The number of fused-ring (bicyclic) bond motifs is 8. The fraction of sp³-hybridized carbons (Fsp3) is 0.461. The van der Waals surface area contributed by atoms with Gasteiger partial charge in [-0.25, -0.2) is 4.98 Å². The van der Waals surface area contributed by atoms with Crippen molar-refractivity contribution in [2.24, 2.45) is 26.7 Å². The Hall–Kier alpha value is -10.8. The molecule has 10 aromatic rings. The third-order valence-electron chi connectivity index (χ3n) is 26.7. The number of nitrogens with zero attached hydrogens (tertiary/aromatic N) is 18. The van der Waals surface area contributed by atoms with Gasteiger partial charge >= 0.3 is 0 Å². The molecule has 2 aromatic carbocycles. The van der Waals surface area contributed by atoms with Crippen molar-refractivity contribution in [3.63, 3.8) is 0 Å². The minimum absolute atomic E-state index is 0.00702. The smallest absolute Gasteiger partial charge is 0.272 e.